The summed E-state index contributed by atoms with van der Waals surface area (Å²) in [6.45, 7) is 5.58. The van der Waals surface area contributed by atoms with Crippen LogP contribution in [0.2, 0.25) is 0 Å². The summed E-state index contributed by atoms with van der Waals surface area (Å²) in [5.41, 5.74) is 1.07. The quantitative estimate of drug-likeness (QED) is 0.703. The second kappa shape index (κ2) is 4.14. The van der Waals surface area contributed by atoms with Crippen LogP contribution in [-0.4, -0.2) is 10.7 Å². The molecule has 0 atom stereocenters. The topological polar surface area (TPSA) is 12.9 Å². The molecule has 1 rings (SSSR count). The summed E-state index contributed by atoms with van der Waals surface area (Å²) in [4.78, 5) is 4.26. The van der Waals surface area contributed by atoms with Crippen LogP contribution >= 0.6 is 34.7 Å². The Bertz CT molecular complexity index is 257. The standard InChI is InChI=1S/C7H8ClNS2/c1-5(8)3-10-7-9-6(2)4-11-7/h4H,1,3H2,2H3. The number of rotatable bonds is 3. The minimum absolute atomic E-state index is 0.669. The van der Waals surface area contributed by atoms with Crippen LogP contribution in [0.25, 0.3) is 0 Å². The average Bonchev–Trinajstić information content (AvgIpc) is 2.31. The number of thioether (sulfide) groups is 1. The highest BCUT2D eigenvalue weighted by atomic mass is 35.5. The smallest absolute Gasteiger partial charge is 0.150 e. The molecule has 0 radical (unpaired) electrons. The van der Waals surface area contributed by atoms with Gasteiger partial charge in [-0.05, 0) is 6.92 Å². The predicted octanol–water partition coefficient (Wildman–Crippen LogP) is 3.30. The molecular formula is C7H8ClNS2. The van der Waals surface area contributed by atoms with Gasteiger partial charge in [-0.3, -0.25) is 0 Å². The van der Waals surface area contributed by atoms with Crippen molar-refractivity contribution in [1.82, 2.24) is 4.98 Å². The van der Waals surface area contributed by atoms with E-state index in [-0.39, 0.29) is 0 Å². The van der Waals surface area contributed by atoms with Gasteiger partial charge in [-0.15, -0.1) is 11.3 Å². The van der Waals surface area contributed by atoms with Crippen molar-refractivity contribution in [2.45, 2.75) is 11.3 Å². The summed E-state index contributed by atoms with van der Waals surface area (Å²) < 4.78 is 1.06. The molecule has 4 heteroatoms. The molecule has 0 aliphatic rings. The van der Waals surface area contributed by atoms with E-state index in [9.17, 15) is 0 Å². The van der Waals surface area contributed by atoms with Gasteiger partial charge in [0.25, 0.3) is 0 Å². The summed E-state index contributed by atoms with van der Waals surface area (Å²) >= 11 is 8.86. The Balaban J connectivity index is 2.45. The molecule has 0 fully saturated rings. The summed E-state index contributed by atoms with van der Waals surface area (Å²) in [6, 6.07) is 0. The SMILES string of the molecule is C=C(Cl)CSc1nc(C)cs1. The zero-order valence-electron chi connectivity index (χ0n) is 6.13. The summed E-state index contributed by atoms with van der Waals surface area (Å²) in [7, 11) is 0. The van der Waals surface area contributed by atoms with E-state index in [4.69, 9.17) is 11.6 Å². The minimum atomic E-state index is 0.669. The van der Waals surface area contributed by atoms with Gasteiger partial charge in [-0.1, -0.05) is 29.9 Å². The van der Waals surface area contributed by atoms with Crippen molar-refractivity contribution >= 4 is 34.7 Å². The Hall–Kier alpha value is 0.01000. The number of halogens is 1. The molecule has 0 saturated heterocycles. The van der Waals surface area contributed by atoms with Crippen molar-refractivity contribution in [3.8, 4) is 0 Å². The number of hydrogen-bond acceptors (Lipinski definition) is 3. The number of aryl methyl sites for hydroxylation is 1. The molecule has 1 aromatic heterocycles. The molecular weight excluding hydrogens is 198 g/mol. The Morgan fingerprint density at radius 3 is 3.09 bits per heavy atom. The highest BCUT2D eigenvalue weighted by molar-refractivity contribution is 8.01. The van der Waals surface area contributed by atoms with Gasteiger partial charge < -0.3 is 0 Å². The van der Waals surface area contributed by atoms with Gasteiger partial charge in [0.05, 0.1) is 0 Å². The third kappa shape index (κ3) is 3.27. The minimum Gasteiger partial charge on any atom is -0.235 e. The van der Waals surface area contributed by atoms with Crippen LogP contribution < -0.4 is 0 Å². The van der Waals surface area contributed by atoms with Crippen LogP contribution in [0.4, 0.5) is 0 Å². The van der Waals surface area contributed by atoms with E-state index in [0.29, 0.717) is 5.03 Å². The number of aromatic nitrogens is 1. The van der Waals surface area contributed by atoms with Gasteiger partial charge in [-0.25, -0.2) is 4.98 Å². The van der Waals surface area contributed by atoms with Gasteiger partial charge >= 0.3 is 0 Å². The lowest BCUT2D eigenvalue weighted by Crippen LogP contribution is -1.76. The van der Waals surface area contributed by atoms with Crippen molar-refractivity contribution in [2.24, 2.45) is 0 Å². The first-order valence-electron chi connectivity index (χ1n) is 3.06. The fourth-order valence-corrected chi connectivity index (χ4v) is 2.31. The molecule has 1 aromatic rings. The van der Waals surface area contributed by atoms with Crippen molar-refractivity contribution in [2.75, 3.05) is 5.75 Å². The van der Waals surface area contributed by atoms with Gasteiger partial charge in [0, 0.05) is 21.9 Å². The Kier molecular flexibility index (Phi) is 3.43. The number of thiazole rings is 1. The fraction of sp³-hybridized carbons (Fsp3) is 0.286. The first-order chi connectivity index (χ1) is 5.18. The molecule has 11 heavy (non-hydrogen) atoms. The lowest BCUT2D eigenvalue weighted by molar-refractivity contribution is 1.16. The van der Waals surface area contributed by atoms with Crippen molar-refractivity contribution in [3.63, 3.8) is 0 Å². The fourth-order valence-electron chi connectivity index (χ4n) is 0.539. The lowest BCUT2D eigenvalue weighted by Gasteiger charge is -1.91. The molecule has 0 spiro atoms. The van der Waals surface area contributed by atoms with E-state index >= 15 is 0 Å². The van der Waals surface area contributed by atoms with Crippen molar-refractivity contribution in [3.05, 3.63) is 22.7 Å². The molecule has 60 valence electrons. The van der Waals surface area contributed by atoms with E-state index in [0.717, 1.165) is 15.8 Å². The molecule has 0 unspecified atom stereocenters. The summed E-state index contributed by atoms with van der Waals surface area (Å²) in [6.07, 6.45) is 0. The molecule has 0 aromatic carbocycles. The second-order valence-electron chi connectivity index (χ2n) is 2.06. The maximum absolute atomic E-state index is 5.60. The highest BCUT2D eigenvalue weighted by Gasteiger charge is 1.98. The van der Waals surface area contributed by atoms with Crippen LogP contribution in [0.1, 0.15) is 5.69 Å². The first-order valence-corrected chi connectivity index (χ1v) is 5.31. The van der Waals surface area contributed by atoms with Crippen LogP contribution in [-0.2, 0) is 0 Å². The van der Waals surface area contributed by atoms with Gasteiger partial charge in [-0.2, -0.15) is 0 Å². The monoisotopic (exact) mass is 205 g/mol. The van der Waals surface area contributed by atoms with Gasteiger partial charge in [0.15, 0.2) is 0 Å². The zero-order chi connectivity index (χ0) is 8.27. The molecule has 0 amide bonds. The summed E-state index contributed by atoms with van der Waals surface area (Å²) in [5.74, 6) is 0.745. The van der Waals surface area contributed by atoms with E-state index in [1.807, 2.05) is 12.3 Å². The van der Waals surface area contributed by atoms with Crippen LogP contribution in [0.15, 0.2) is 21.3 Å². The Morgan fingerprint density at radius 2 is 2.64 bits per heavy atom. The normalized spacial score (nSPS) is 10.0. The lowest BCUT2D eigenvalue weighted by atomic mass is 10.6. The predicted molar refractivity (Wildman–Crippen MR) is 52.6 cm³/mol. The zero-order valence-corrected chi connectivity index (χ0v) is 8.52. The number of nitrogens with zero attached hydrogens (tertiary/aromatic N) is 1. The molecule has 0 saturated carbocycles. The van der Waals surface area contributed by atoms with E-state index < -0.39 is 0 Å². The largest absolute Gasteiger partial charge is 0.235 e. The first kappa shape index (κ1) is 9.10. The maximum Gasteiger partial charge on any atom is 0.150 e. The average molecular weight is 206 g/mol. The maximum atomic E-state index is 5.60. The van der Waals surface area contributed by atoms with E-state index in [1.54, 1.807) is 23.1 Å². The van der Waals surface area contributed by atoms with Gasteiger partial charge in [0.2, 0.25) is 0 Å². The Morgan fingerprint density at radius 1 is 1.91 bits per heavy atom. The molecule has 1 nitrogen and oxygen atoms in total. The highest BCUT2D eigenvalue weighted by Crippen LogP contribution is 2.24. The second-order valence-corrected chi connectivity index (χ2v) is 4.68. The molecule has 0 aliphatic heterocycles. The molecule has 0 N–H and O–H groups in total. The molecule has 1 heterocycles. The van der Waals surface area contributed by atoms with Crippen LogP contribution in [0, 0.1) is 6.92 Å². The Labute approximate surface area is 79.5 Å². The third-order valence-corrected chi connectivity index (χ3v) is 3.47. The van der Waals surface area contributed by atoms with E-state index in [2.05, 4.69) is 11.6 Å². The number of hydrogen-bond donors (Lipinski definition) is 0. The third-order valence-electron chi connectivity index (χ3n) is 0.950. The van der Waals surface area contributed by atoms with Crippen LogP contribution in [0.3, 0.4) is 0 Å². The molecule has 0 bridgehead atoms. The summed E-state index contributed by atoms with van der Waals surface area (Å²) in [5, 5.41) is 2.70. The van der Waals surface area contributed by atoms with E-state index in [1.165, 1.54) is 0 Å². The van der Waals surface area contributed by atoms with Crippen molar-refractivity contribution < 1.29 is 0 Å². The molecule has 0 aliphatic carbocycles. The van der Waals surface area contributed by atoms with Crippen molar-refractivity contribution in [1.29, 1.82) is 0 Å². The van der Waals surface area contributed by atoms with Crippen LogP contribution in [0.5, 0.6) is 0 Å². The van der Waals surface area contributed by atoms with Gasteiger partial charge in [0.1, 0.15) is 4.34 Å².